The molecule has 4 aliphatic carbocycles. The van der Waals surface area contributed by atoms with Crippen molar-refractivity contribution in [3.05, 3.63) is 0 Å². The van der Waals surface area contributed by atoms with Gasteiger partial charge in [-0.1, -0.05) is 59.8 Å². The van der Waals surface area contributed by atoms with Crippen molar-refractivity contribution < 1.29 is 38.0 Å². The lowest BCUT2D eigenvalue weighted by molar-refractivity contribution is -0.227. The van der Waals surface area contributed by atoms with Crippen LogP contribution in [0.4, 0.5) is 4.79 Å². The van der Waals surface area contributed by atoms with Crippen molar-refractivity contribution >= 4 is 24.6 Å². The average molecular weight is 998 g/mol. The van der Waals surface area contributed by atoms with E-state index < -0.39 is 0 Å². The standard InChI is InChI=1S/C54H104N6O8S/c1-5-6-7-8-9-10-27-60(52(62)59-26-33-64-35-37-65-36-34-63-32-25-58-50(61)17-12-38-69)28-11-16-42(2)45-18-19-46-51-47(41-49(54(45,46)4)68-31-15-24-57)53(3)21-20-44(66-29-13-22-55)39-43(53)40-48(51)67-30-14-23-56/h42-49,51,69H,5-41,55-57H2,1-4H3,(H,58,61)(H,59,62)/t42-,43?,44?,45?,46+,47+,48-,49+,51?,53?,54?/m1/s1. The Bertz CT molecular complexity index is 1380. The highest BCUT2D eigenvalue weighted by molar-refractivity contribution is 7.80. The highest BCUT2D eigenvalue weighted by Gasteiger charge is 2.66. The molecule has 0 saturated heterocycles. The molecular weight excluding hydrogens is 893 g/mol. The molecule has 0 bridgehead atoms. The molecule has 14 nitrogen and oxygen atoms in total. The summed E-state index contributed by atoms with van der Waals surface area (Å²) in [7, 11) is 0. The van der Waals surface area contributed by atoms with Gasteiger partial charge in [0.05, 0.1) is 58.0 Å². The smallest absolute Gasteiger partial charge is 0.317 e. The molecule has 404 valence electrons. The number of carbonyl (C=O) groups excluding carboxylic acids is 2. The van der Waals surface area contributed by atoms with E-state index in [1.165, 1.54) is 44.9 Å². The maximum Gasteiger partial charge on any atom is 0.317 e. The normalized spacial score (nSPS) is 29.0. The Morgan fingerprint density at radius 1 is 0.681 bits per heavy atom. The summed E-state index contributed by atoms with van der Waals surface area (Å²) in [5.74, 6) is 3.93. The molecule has 0 radical (unpaired) electrons. The van der Waals surface area contributed by atoms with Crippen LogP contribution in [0, 0.1) is 46.3 Å². The third kappa shape index (κ3) is 19.2. The molecular formula is C54H104N6O8S. The van der Waals surface area contributed by atoms with E-state index >= 15 is 0 Å². The van der Waals surface area contributed by atoms with Crippen molar-refractivity contribution in [3.63, 3.8) is 0 Å². The van der Waals surface area contributed by atoms with Crippen molar-refractivity contribution in [3.8, 4) is 0 Å². The van der Waals surface area contributed by atoms with Crippen LogP contribution in [-0.2, 0) is 33.2 Å². The largest absolute Gasteiger partial charge is 0.378 e. The predicted molar refractivity (Wildman–Crippen MR) is 282 cm³/mol. The maximum absolute atomic E-state index is 13.7. The van der Waals surface area contributed by atoms with Gasteiger partial charge in [-0.15, -0.1) is 0 Å². The fraction of sp³-hybridized carbons (Fsp3) is 0.963. The molecule has 6 unspecified atom stereocenters. The van der Waals surface area contributed by atoms with Gasteiger partial charge in [0.2, 0.25) is 5.91 Å². The van der Waals surface area contributed by atoms with Crippen molar-refractivity contribution in [2.45, 2.75) is 174 Å². The number of carbonyl (C=O) groups is 2. The van der Waals surface area contributed by atoms with Crippen molar-refractivity contribution in [2.24, 2.45) is 63.5 Å². The van der Waals surface area contributed by atoms with E-state index in [1.807, 2.05) is 0 Å². The molecule has 0 aromatic carbocycles. The number of urea groups is 1. The number of ether oxygens (including phenoxy) is 6. The average Bonchev–Trinajstić information content (AvgIpc) is 3.71. The minimum atomic E-state index is 0.00613. The van der Waals surface area contributed by atoms with Crippen molar-refractivity contribution in [2.75, 3.05) is 111 Å². The topological polar surface area (TPSA) is 195 Å². The highest BCUT2D eigenvalue weighted by Crippen LogP contribution is 2.69. The van der Waals surface area contributed by atoms with Crippen LogP contribution in [0.25, 0.3) is 0 Å². The number of fused-ring (bicyclic) bond motifs is 5. The van der Waals surface area contributed by atoms with Gasteiger partial charge in [-0.25, -0.2) is 4.79 Å². The number of hydrogen-bond donors (Lipinski definition) is 6. The van der Waals surface area contributed by atoms with E-state index in [1.54, 1.807) is 0 Å². The minimum absolute atomic E-state index is 0.00613. The predicted octanol–water partition coefficient (Wildman–Crippen LogP) is 7.73. The van der Waals surface area contributed by atoms with Crippen LogP contribution in [0.3, 0.4) is 0 Å². The number of hydrogen-bond acceptors (Lipinski definition) is 12. The Morgan fingerprint density at radius 2 is 1.30 bits per heavy atom. The van der Waals surface area contributed by atoms with Gasteiger partial charge in [-0.2, -0.15) is 12.6 Å². The first-order valence-corrected chi connectivity index (χ1v) is 28.8. The summed E-state index contributed by atoms with van der Waals surface area (Å²) in [6.45, 7) is 19.3. The van der Waals surface area contributed by atoms with Gasteiger partial charge in [0, 0.05) is 57.8 Å². The molecule has 0 aromatic rings. The lowest BCUT2D eigenvalue weighted by Crippen LogP contribution is -2.63. The monoisotopic (exact) mass is 997 g/mol. The summed E-state index contributed by atoms with van der Waals surface area (Å²) >= 11 is 4.14. The third-order valence-electron chi connectivity index (χ3n) is 17.0. The second-order valence-electron chi connectivity index (χ2n) is 21.6. The molecule has 4 rings (SSSR count). The summed E-state index contributed by atoms with van der Waals surface area (Å²) in [6.07, 6.45) is 22.0. The minimum Gasteiger partial charge on any atom is -0.378 e. The van der Waals surface area contributed by atoms with Gasteiger partial charge in [0.15, 0.2) is 0 Å². The summed E-state index contributed by atoms with van der Waals surface area (Å²) in [5, 5.41) is 6.00. The summed E-state index contributed by atoms with van der Waals surface area (Å²) < 4.78 is 37.5. The molecule has 15 heteroatoms. The van der Waals surface area contributed by atoms with Gasteiger partial charge >= 0.3 is 6.03 Å². The van der Waals surface area contributed by atoms with E-state index in [0.29, 0.717) is 133 Å². The van der Waals surface area contributed by atoms with E-state index in [9.17, 15) is 9.59 Å². The fourth-order valence-corrected chi connectivity index (χ4v) is 13.4. The number of unbranched alkanes of at least 4 members (excludes halogenated alkanes) is 5. The van der Waals surface area contributed by atoms with E-state index in [4.69, 9.17) is 45.6 Å². The molecule has 0 aromatic heterocycles. The Morgan fingerprint density at radius 3 is 1.99 bits per heavy atom. The van der Waals surface area contributed by atoms with Crippen LogP contribution >= 0.6 is 12.6 Å². The fourth-order valence-electron chi connectivity index (χ4n) is 13.3. The first-order chi connectivity index (χ1) is 33.6. The van der Waals surface area contributed by atoms with Crippen LogP contribution in [0.15, 0.2) is 0 Å². The van der Waals surface area contributed by atoms with Crippen LogP contribution in [0.1, 0.15) is 156 Å². The molecule has 0 aliphatic heterocycles. The second kappa shape index (κ2) is 34.3. The lowest BCUT2D eigenvalue weighted by atomic mass is 9.43. The van der Waals surface area contributed by atoms with Crippen LogP contribution in [0.5, 0.6) is 0 Å². The van der Waals surface area contributed by atoms with Crippen molar-refractivity contribution in [1.82, 2.24) is 15.5 Å². The summed E-state index contributed by atoms with van der Waals surface area (Å²) in [5.41, 5.74) is 18.2. The van der Waals surface area contributed by atoms with Gasteiger partial charge in [-0.3, -0.25) is 4.79 Å². The number of nitrogens with one attached hydrogen (secondary N) is 2. The number of nitrogens with two attached hydrogens (primary N) is 3. The Hall–Kier alpha value is -1.27. The zero-order chi connectivity index (χ0) is 49.7. The Kier molecular flexibility index (Phi) is 29.9. The zero-order valence-electron chi connectivity index (χ0n) is 44.3. The quantitative estimate of drug-likeness (QED) is 0.0261. The SMILES string of the molecule is CCCCCCCCN(CCC[C@@H](C)C1CC[C@H]2C3[C@H](OCCCN)CC4CC(OCCCN)CCC4(C)[C@H]3C[C@H](OCCCN)C12C)C(=O)NCCOCCOCCOCCNC(=O)CCCS. The second-order valence-corrected chi connectivity index (χ2v) is 22.0. The molecule has 3 amide bonds. The first kappa shape index (κ1) is 60.3. The van der Waals surface area contributed by atoms with Gasteiger partial charge < -0.3 is 61.2 Å². The maximum atomic E-state index is 13.7. The summed E-state index contributed by atoms with van der Waals surface area (Å²) in [6, 6.07) is 0.00613. The zero-order valence-corrected chi connectivity index (χ0v) is 45.1. The number of nitrogens with zero attached hydrogens (tertiary/aromatic N) is 1. The Balaban J connectivity index is 1.32. The van der Waals surface area contributed by atoms with Gasteiger partial charge in [0.1, 0.15) is 0 Å². The third-order valence-corrected chi connectivity index (χ3v) is 17.4. The van der Waals surface area contributed by atoms with Crippen LogP contribution in [0.2, 0.25) is 0 Å². The van der Waals surface area contributed by atoms with E-state index in [0.717, 1.165) is 103 Å². The summed E-state index contributed by atoms with van der Waals surface area (Å²) in [4.78, 5) is 27.4. The first-order valence-electron chi connectivity index (χ1n) is 28.2. The van der Waals surface area contributed by atoms with Gasteiger partial charge in [-0.05, 0) is 156 Å². The van der Waals surface area contributed by atoms with Gasteiger partial charge in [0.25, 0.3) is 0 Å². The number of thiol groups is 1. The Labute approximate surface area is 425 Å². The number of amides is 3. The van der Waals surface area contributed by atoms with Crippen LogP contribution in [-0.4, -0.2) is 146 Å². The molecule has 0 heterocycles. The van der Waals surface area contributed by atoms with E-state index in [-0.39, 0.29) is 35.0 Å². The van der Waals surface area contributed by atoms with E-state index in [2.05, 4.69) is 55.9 Å². The molecule has 0 spiro atoms. The molecule has 4 saturated carbocycles. The highest BCUT2D eigenvalue weighted by atomic mass is 32.1. The molecule has 4 aliphatic rings. The molecule has 69 heavy (non-hydrogen) atoms. The molecule has 11 atom stereocenters. The number of rotatable bonds is 39. The molecule has 4 fully saturated rings. The lowest BCUT2D eigenvalue weighted by Gasteiger charge is -2.65. The molecule has 8 N–H and O–H groups in total. The van der Waals surface area contributed by atoms with Crippen LogP contribution < -0.4 is 27.8 Å². The van der Waals surface area contributed by atoms with Crippen molar-refractivity contribution in [1.29, 1.82) is 0 Å².